The van der Waals surface area contributed by atoms with E-state index in [1.807, 2.05) is 26.1 Å². The lowest BCUT2D eigenvalue weighted by Gasteiger charge is -2.07. The van der Waals surface area contributed by atoms with Gasteiger partial charge in [0.05, 0.1) is 13.0 Å². The van der Waals surface area contributed by atoms with E-state index in [-0.39, 0.29) is 11.9 Å². The molecule has 0 amide bonds. The molecule has 0 spiro atoms. The first-order valence-corrected chi connectivity index (χ1v) is 5.74. The predicted octanol–water partition coefficient (Wildman–Crippen LogP) is 2.53. The van der Waals surface area contributed by atoms with Gasteiger partial charge >= 0.3 is 5.97 Å². The van der Waals surface area contributed by atoms with Crippen LogP contribution in [0.1, 0.15) is 12.5 Å². The van der Waals surface area contributed by atoms with Gasteiger partial charge in [0, 0.05) is 24.1 Å². The number of rotatable bonds is 3. The highest BCUT2D eigenvalue weighted by Gasteiger charge is 2.16. The summed E-state index contributed by atoms with van der Waals surface area (Å²) in [5.74, 6) is -0.260. The predicted molar refractivity (Wildman–Crippen MR) is 67.8 cm³/mol. The number of hydrogen-bond donors (Lipinski definition) is 0. The van der Waals surface area contributed by atoms with Crippen molar-refractivity contribution >= 4 is 16.9 Å². The first kappa shape index (κ1) is 11.7. The maximum atomic E-state index is 11.4. The van der Waals surface area contributed by atoms with E-state index in [9.17, 15) is 4.79 Å². The summed E-state index contributed by atoms with van der Waals surface area (Å²) in [7, 11) is 3.45. The molecular weight excluding hydrogens is 214 g/mol. The summed E-state index contributed by atoms with van der Waals surface area (Å²) >= 11 is 0. The largest absolute Gasteiger partial charge is 0.469 e. The Bertz CT molecular complexity index is 542. The van der Waals surface area contributed by atoms with E-state index in [4.69, 9.17) is 4.74 Å². The molecule has 0 aliphatic heterocycles. The molecular formula is C14H17NO2. The van der Waals surface area contributed by atoms with Crippen molar-refractivity contribution in [2.45, 2.75) is 13.3 Å². The average Bonchev–Trinajstić information content (AvgIpc) is 2.66. The van der Waals surface area contributed by atoms with Crippen molar-refractivity contribution in [3.63, 3.8) is 0 Å². The fraction of sp³-hybridized carbons (Fsp3) is 0.357. The van der Waals surface area contributed by atoms with Crippen molar-refractivity contribution in [1.29, 1.82) is 0 Å². The summed E-state index contributed by atoms with van der Waals surface area (Å²) in [5, 5.41) is 1.21. The monoisotopic (exact) mass is 231 g/mol. The molecule has 1 heterocycles. The zero-order valence-electron chi connectivity index (χ0n) is 10.4. The molecule has 1 aromatic heterocycles. The summed E-state index contributed by atoms with van der Waals surface area (Å²) in [6.45, 7) is 1.90. The van der Waals surface area contributed by atoms with Gasteiger partial charge in [0.15, 0.2) is 0 Å². The number of carbonyl (C=O) groups is 1. The van der Waals surface area contributed by atoms with E-state index in [0.717, 1.165) is 0 Å². The topological polar surface area (TPSA) is 31.2 Å². The number of methoxy groups -OCH3 is 1. The molecule has 1 aromatic carbocycles. The standard InChI is InChI=1S/C14H17NO2/c1-10(14(16)17-3)8-11-9-15(2)13-7-5-4-6-12(11)13/h4-7,9-10H,8H2,1-3H3. The molecule has 2 rings (SSSR count). The van der Waals surface area contributed by atoms with Crippen LogP contribution < -0.4 is 0 Å². The summed E-state index contributed by atoms with van der Waals surface area (Å²) in [6.07, 6.45) is 2.80. The lowest BCUT2D eigenvalue weighted by atomic mass is 10.0. The number of ether oxygens (including phenoxy) is 1. The smallest absolute Gasteiger partial charge is 0.308 e. The second-order valence-electron chi connectivity index (χ2n) is 4.41. The molecule has 1 atom stereocenters. The highest BCUT2D eigenvalue weighted by molar-refractivity contribution is 5.84. The number of carbonyl (C=O) groups excluding carboxylic acids is 1. The number of esters is 1. The van der Waals surface area contributed by atoms with E-state index in [1.54, 1.807) is 0 Å². The lowest BCUT2D eigenvalue weighted by Crippen LogP contribution is -2.14. The molecule has 0 saturated heterocycles. The van der Waals surface area contributed by atoms with Gasteiger partial charge in [-0.3, -0.25) is 4.79 Å². The normalized spacial score (nSPS) is 12.6. The van der Waals surface area contributed by atoms with E-state index < -0.39 is 0 Å². The van der Waals surface area contributed by atoms with Crippen LogP contribution in [-0.4, -0.2) is 17.6 Å². The molecule has 0 aliphatic carbocycles. The van der Waals surface area contributed by atoms with Crippen LogP contribution in [0.2, 0.25) is 0 Å². The van der Waals surface area contributed by atoms with Crippen LogP contribution in [0, 0.1) is 5.92 Å². The second-order valence-corrected chi connectivity index (χ2v) is 4.41. The van der Waals surface area contributed by atoms with Gasteiger partial charge in [0.25, 0.3) is 0 Å². The Morgan fingerprint density at radius 2 is 2.12 bits per heavy atom. The Kier molecular flexibility index (Phi) is 3.18. The van der Waals surface area contributed by atoms with Gasteiger partial charge in [-0.1, -0.05) is 25.1 Å². The van der Waals surface area contributed by atoms with E-state index in [0.29, 0.717) is 6.42 Å². The average molecular weight is 231 g/mol. The molecule has 0 fully saturated rings. The van der Waals surface area contributed by atoms with Crippen molar-refractivity contribution in [2.24, 2.45) is 13.0 Å². The molecule has 17 heavy (non-hydrogen) atoms. The van der Waals surface area contributed by atoms with Gasteiger partial charge in [-0.2, -0.15) is 0 Å². The Morgan fingerprint density at radius 1 is 1.41 bits per heavy atom. The van der Waals surface area contributed by atoms with Crippen LogP contribution in [0.3, 0.4) is 0 Å². The van der Waals surface area contributed by atoms with Crippen molar-refractivity contribution < 1.29 is 9.53 Å². The van der Waals surface area contributed by atoms with Gasteiger partial charge in [-0.25, -0.2) is 0 Å². The Balaban J connectivity index is 2.33. The maximum absolute atomic E-state index is 11.4. The Hall–Kier alpha value is -1.77. The van der Waals surface area contributed by atoms with Crippen molar-refractivity contribution in [3.8, 4) is 0 Å². The number of para-hydroxylation sites is 1. The van der Waals surface area contributed by atoms with Gasteiger partial charge in [-0.05, 0) is 18.1 Å². The van der Waals surface area contributed by atoms with Gasteiger partial charge in [-0.15, -0.1) is 0 Å². The molecule has 0 bridgehead atoms. The number of benzene rings is 1. The van der Waals surface area contributed by atoms with Crippen molar-refractivity contribution in [1.82, 2.24) is 4.57 Å². The zero-order valence-corrected chi connectivity index (χ0v) is 10.4. The van der Waals surface area contributed by atoms with Gasteiger partial charge in [0.2, 0.25) is 0 Å². The second kappa shape index (κ2) is 4.62. The van der Waals surface area contributed by atoms with E-state index in [2.05, 4.69) is 22.9 Å². The minimum absolute atomic E-state index is 0.106. The van der Waals surface area contributed by atoms with Crippen molar-refractivity contribution in [3.05, 3.63) is 36.0 Å². The van der Waals surface area contributed by atoms with E-state index >= 15 is 0 Å². The summed E-state index contributed by atoms with van der Waals surface area (Å²) in [4.78, 5) is 11.4. The van der Waals surface area contributed by atoms with Crippen molar-refractivity contribution in [2.75, 3.05) is 7.11 Å². The Morgan fingerprint density at radius 3 is 2.82 bits per heavy atom. The van der Waals surface area contributed by atoms with Crippen LogP contribution in [0.25, 0.3) is 10.9 Å². The molecule has 0 radical (unpaired) electrons. The van der Waals surface area contributed by atoms with E-state index in [1.165, 1.54) is 23.6 Å². The highest BCUT2D eigenvalue weighted by Crippen LogP contribution is 2.23. The SMILES string of the molecule is COC(=O)C(C)Cc1cn(C)c2ccccc12. The molecule has 0 saturated carbocycles. The van der Waals surface area contributed by atoms with Crippen LogP contribution in [0.5, 0.6) is 0 Å². The van der Waals surface area contributed by atoms with Crippen LogP contribution in [0.4, 0.5) is 0 Å². The highest BCUT2D eigenvalue weighted by atomic mass is 16.5. The third-order valence-corrected chi connectivity index (χ3v) is 3.11. The first-order valence-electron chi connectivity index (χ1n) is 5.74. The quantitative estimate of drug-likeness (QED) is 0.760. The molecule has 3 nitrogen and oxygen atoms in total. The fourth-order valence-corrected chi connectivity index (χ4v) is 2.20. The Labute approximate surface area is 101 Å². The fourth-order valence-electron chi connectivity index (χ4n) is 2.20. The molecule has 1 unspecified atom stereocenters. The number of hydrogen-bond acceptors (Lipinski definition) is 2. The number of aryl methyl sites for hydroxylation is 1. The molecule has 2 aromatic rings. The van der Waals surface area contributed by atoms with Gasteiger partial charge in [0.1, 0.15) is 0 Å². The number of fused-ring (bicyclic) bond motifs is 1. The lowest BCUT2D eigenvalue weighted by molar-refractivity contribution is -0.144. The summed E-state index contributed by atoms with van der Waals surface area (Å²) in [6, 6.07) is 8.22. The summed E-state index contributed by atoms with van der Waals surface area (Å²) in [5.41, 5.74) is 2.39. The number of nitrogens with zero attached hydrogens (tertiary/aromatic N) is 1. The maximum Gasteiger partial charge on any atom is 0.308 e. The third kappa shape index (κ3) is 2.18. The van der Waals surface area contributed by atoms with Crippen LogP contribution in [0.15, 0.2) is 30.5 Å². The minimum atomic E-state index is -0.155. The van der Waals surface area contributed by atoms with Crippen LogP contribution in [-0.2, 0) is 23.0 Å². The molecule has 3 heteroatoms. The molecule has 0 aliphatic rings. The molecule has 90 valence electrons. The van der Waals surface area contributed by atoms with Gasteiger partial charge < -0.3 is 9.30 Å². The minimum Gasteiger partial charge on any atom is -0.469 e. The third-order valence-electron chi connectivity index (χ3n) is 3.11. The molecule has 0 N–H and O–H groups in total. The number of aromatic nitrogens is 1. The summed E-state index contributed by atoms with van der Waals surface area (Å²) < 4.78 is 6.85. The zero-order chi connectivity index (χ0) is 12.4. The first-order chi connectivity index (χ1) is 8.13. The van der Waals surface area contributed by atoms with Crippen LogP contribution >= 0.6 is 0 Å².